The Hall–Kier alpha value is -1.65. The summed E-state index contributed by atoms with van der Waals surface area (Å²) in [7, 11) is 0. The first kappa shape index (κ1) is 18.2. The maximum Gasteiger partial charge on any atom is 0.116 e. The molecule has 0 aliphatic heterocycles. The van der Waals surface area contributed by atoms with Gasteiger partial charge in [0.15, 0.2) is 0 Å². The van der Waals surface area contributed by atoms with E-state index in [-0.39, 0.29) is 0 Å². The van der Waals surface area contributed by atoms with Gasteiger partial charge in [0.1, 0.15) is 5.60 Å². The highest BCUT2D eigenvalue weighted by Crippen LogP contribution is 2.34. The molecule has 0 aliphatic rings. The van der Waals surface area contributed by atoms with Crippen LogP contribution in [0.1, 0.15) is 17.5 Å². The molecule has 3 aromatic rings. The van der Waals surface area contributed by atoms with E-state index < -0.39 is 5.60 Å². The largest absolute Gasteiger partial charge is 0.380 e. The van der Waals surface area contributed by atoms with Crippen molar-refractivity contribution >= 4 is 27.5 Å². The molecule has 3 aromatic carbocycles. The Kier molecular flexibility index (Phi) is 5.60. The molecule has 25 heavy (non-hydrogen) atoms. The molecule has 1 atom stereocenters. The van der Waals surface area contributed by atoms with Crippen molar-refractivity contribution in [2.75, 3.05) is 6.54 Å². The van der Waals surface area contributed by atoms with Gasteiger partial charge in [-0.15, -0.1) is 0 Å². The minimum atomic E-state index is -1.13. The Labute approximate surface area is 161 Å². The summed E-state index contributed by atoms with van der Waals surface area (Å²) in [6.45, 7) is 0.383. The second kappa shape index (κ2) is 7.71. The fourth-order valence-electron chi connectivity index (χ4n) is 2.97. The van der Waals surface area contributed by atoms with Gasteiger partial charge in [-0.05, 0) is 59.5 Å². The molecule has 0 heterocycles. The number of nitrogens with two attached hydrogens (primary N) is 1. The Balaban J connectivity index is 1.97. The van der Waals surface area contributed by atoms with Gasteiger partial charge >= 0.3 is 0 Å². The summed E-state index contributed by atoms with van der Waals surface area (Å²) in [4.78, 5) is 0. The van der Waals surface area contributed by atoms with Gasteiger partial charge in [-0.3, -0.25) is 0 Å². The number of aliphatic hydroxyl groups is 1. The van der Waals surface area contributed by atoms with Crippen LogP contribution in [0.2, 0.25) is 5.02 Å². The van der Waals surface area contributed by atoms with E-state index in [0.29, 0.717) is 18.0 Å². The van der Waals surface area contributed by atoms with Crippen LogP contribution in [0.25, 0.3) is 11.1 Å². The molecular formula is C21H19BrClNO. The number of halogens is 2. The molecule has 128 valence electrons. The summed E-state index contributed by atoms with van der Waals surface area (Å²) in [5.74, 6) is 0. The van der Waals surface area contributed by atoms with Gasteiger partial charge in [0, 0.05) is 9.50 Å². The van der Waals surface area contributed by atoms with E-state index in [2.05, 4.69) is 28.1 Å². The molecule has 0 radical (unpaired) electrons. The fraction of sp³-hybridized carbons (Fsp3) is 0.143. The predicted octanol–water partition coefficient (Wildman–Crippen LogP) is 5.35. The zero-order valence-corrected chi connectivity index (χ0v) is 16.0. The number of benzene rings is 3. The second-order valence-corrected chi connectivity index (χ2v) is 7.34. The average molecular weight is 417 g/mol. The van der Waals surface area contributed by atoms with Crippen molar-refractivity contribution in [2.45, 2.75) is 12.0 Å². The maximum atomic E-state index is 11.3. The third-order valence-corrected chi connectivity index (χ3v) is 5.15. The van der Waals surface area contributed by atoms with E-state index in [1.807, 2.05) is 48.5 Å². The van der Waals surface area contributed by atoms with Crippen LogP contribution in [0, 0.1) is 0 Å². The molecular weight excluding hydrogens is 398 g/mol. The first-order chi connectivity index (χ1) is 12.0. The Bertz CT molecular complexity index is 831. The lowest BCUT2D eigenvalue weighted by Crippen LogP contribution is -2.30. The molecule has 1 unspecified atom stereocenters. The Morgan fingerprint density at radius 3 is 1.72 bits per heavy atom. The van der Waals surface area contributed by atoms with Gasteiger partial charge in [0.25, 0.3) is 0 Å². The summed E-state index contributed by atoms with van der Waals surface area (Å²) in [5, 5.41) is 12.0. The van der Waals surface area contributed by atoms with Gasteiger partial charge < -0.3 is 10.8 Å². The number of hydrogen-bond acceptors (Lipinski definition) is 2. The van der Waals surface area contributed by atoms with Crippen LogP contribution < -0.4 is 5.73 Å². The Morgan fingerprint density at radius 2 is 1.24 bits per heavy atom. The summed E-state index contributed by atoms with van der Waals surface area (Å²) >= 11 is 9.42. The zero-order chi connectivity index (χ0) is 17.9. The van der Waals surface area contributed by atoms with Gasteiger partial charge in [0.05, 0.1) is 0 Å². The summed E-state index contributed by atoms with van der Waals surface area (Å²) in [6.07, 6.45) is 0.437. The summed E-state index contributed by atoms with van der Waals surface area (Å²) in [6, 6.07) is 23.4. The van der Waals surface area contributed by atoms with Crippen LogP contribution in [-0.4, -0.2) is 11.7 Å². The third kappa shape index (κ3) is 3.96. The summed E-state index contributed by atoms with van der Waals surface area (Å²) < 4.78 is 1.05. The second-order valence-electron chi connectivity index (χ2n) is 5.99. The van der Waals surface area contributed by atoms with E-state index in [1.165, 1.54) is 0 Å². The van der Waals surface area contributed by atoms with E-state index in [4.69, 9.17) is 17.3 Å². The third-order valence-electron chi connectivity index (χ3n) is 4.37. The van der Waals surface area contributed by atoms with Crippen LogP contribution in [0.4, 0.5) is 0 Å². The van der Waals surface area contributed by atoms with Crippen molar-refractivity contribution in [1.29, 1.82) is 0 Å². The van der Waals surface area contributed by atoms with Gasteiger partial charge in [-0.2, -0.15) is 0 Å². The SMILES string of the molecule is NCCC(O)(c1ccc(Cl)cc1)c1ccc(-c2ccc(Br)cc2)cc1. The van der Waals surface area contributed by atoms with Crippen LogP contribution in [-0.2, 0) is 5.60 Å². The molecule has 3 N–H and O–H groups in total. The van der Waals surface area contributed by atoms with Gasteiger partial charge in [-0.1, -0.05) is 76.1 Å². The topological polar surface area (TPSA) is 46.2 Å². The monoisotopic (exact) mass is 415 g/mol. The highest BCUT2D eigenvalue weighted by atomic mass is 79.9. The molecule has 0 spiro atoms. The van der Waals surface area contributed by atoms with E-state index in [0.717, 1.165) is 26.7 Å². The molecule has 3 rings (SSSR count). The van der Waals surface area contributed by atoms with Crippen LogP contribution in [0.5, 0.6) is 0 Å². The molecule has 0 aliphatic carbocycles. The minimum absolute atomic E-state index is 0.383. The number of rotatable bonds is 5. The van der Waals surface area contributed by atoms with Crippen LogP contribution in [0.3, 0.4) is 0 Å². The lowest BCUT2D eigenvalue weighted by molar-refractivity contribution is 0.0737. The molecule has 0 saturated heterocycles. The molecule has 0 amide bonds. The van der Waals surface area contributed by atoms with E-state index in [9.17, 15) is 5.11 Å². The fourth-order valence-corrected chi connectivity index (χ4v) is 3.36. The van der Waals surface area contributed by atoms with Crippen LogP contribution in [0.15, 0.2) is 77.3 Å². The van der Waals surface area contributed by atoms with Gasteiger partial charge in [-0.25, -0.2) is 0 Å². The van der Waals surface area contributed by atoms with Crippen molar-refractivity contribution in [3.8, 4) is 11.1 Å². The van der Waals surface area contributed by atoms with Crippen molar-refractivity contribution in [3.05, 3.63) is 93.4 Å². The normalized spacial score (nSPS) is 13.4. The predicted molar refractivity (Wildman–Crippen MR) is 108 cm³/mol. The highest BCUT2D eigenvalue weighted by molar-refractivity contribution is 9.10. The molecule has 0 bridgehead atoms. The average Bonchev–Trinajstić information content (AvgIpc) is 2.63. The van der Waals surface area contributed by atoms with Gasteiger partial charge in [0.2, 0.25) is 0 Å². The first-order valence-corrected chi connectivity index (χ1v) is 9.25. The molecule has 0 fully saturated rings. The maximum absolute atomic E-state index is 11.3. The molecule has 0 saturated carbocycles. The van der Waals surface area contributed by atoms with Crippen molar-refractivity contribution in [1.82, 2.24) is 0 Å². The van der Waals surface area contributed by atoms with E-state index >= 15 is 0 Å². The molecule has 2 nitrogen and oxygen atoms in total. The molecule has 0 aromatic heterocycles. The zero-order valence-electron chi connectivity index (χ0n) is 13.6. The van der Waals surface area contributed by atoms with Crippen LogP contribution >= 0.6 is 27.5 Å². The lowest BCUT2D eigenvalue weighted by Gasteiger charge is -2.29. The Morgan fingerprint density at radius 1 is 0.800 bits per heavy atom. The quantitative estimate of drug-likeness (QED) is 0.588. The van der Waals surface area contributed by atoms with Crippen molar-refractivity contribution < 1.29 is 5.11 Å². The lowest BCUT2D eigenvalue weighted by atomic mass is 9.83. The van der Waals surface area contributed by atoms with Crippen molar-refractivity contribution in [2.24, 2.45) is 5.73 Å². The van der Waals surface area contributed by atoms with E-state index in [1.54, 1.807) is 12.1 Å². The van der Waals surface area contributed by atoms with Crippen molar-refractivity contribution in [3.63, 3.8) is 0 Å². The number of hydrogen-bond donors (Lipinski definition) is 2. The standard InChI is InChI=1S/C21H19BrClNO/c22-19-9-3-16(4-10-19)15-1-5-17(6-2-15)21(25,13-14-24)18-7-11-20(23)12-8-18/h1-12,25H,13-14,24H2. The molecule has 4 heteroatoms. The highest BCUT2D eigenvalue weighted by Gasteiger charge is 2.30. The smallest absolute Gasteiger partial charge is 0.116 e. The first-order valence-electron chi connectivity index (χ1n) is 8.08. The minimum Gasteiger partial charge on any atom is -0.380 e. The summed E-state index contributed by atoms with van der Waals surface area (Å²) in [5.41, 5.74) is 8.48.